The summed E-state index contributed by atoms with van der Waals surface area (Å²) >= 11 is 0. The van der Waals surface area contributed by atoms with Crippen LogP contribution in [0.25, 0.3) is 11.4 Å². The monoisotopic (exact) mass is 234 g/mol. The van der Waals surface area contributed by atoms with E-state index in [2.05, 4.69) is 15.4 Å². The number of tetrazole rings is 1. The second-order valence-corrected chi connectivity index (χ2v) is 3.82. The zero-order valence-corrected chi connectivity index (χ0v) is 9.48. The van der Waals surface area contributed by atoms with Gasteiger partial charge in [-0.1, -0.05) is 24.3 Å². The predicted octanol–water partition coefficient (Wildman–Crippen LogP) is 0.00172. The molecule has 6 heteroatoms. The highest BCUT2D eigenvalue weighted by Gasteiger charge is 2.10. The van der Waals surface area contributed by atoms with Crippen LogP contribution in [0.1, 0.15) is 5.56 Å². The Bertz CT molecular complexity index is 498. The fraction of sp³-hybridized carbons (Fsp3) is 0.364. The Hall–Kier alpha value is -1.79. The van der Waals surface area contributed by atoms with E-state index in [-0.39, 0.29) is 13.2 Å². The van der Waals surface area contributed by atoms with Gasteiger partial charge in [0.1, 0.15) is 0 Å². The largest absolute Gasteiger partial charge is 0.394 e. The first kappa shape index (κ1) is 11.7. The van der Waals surface area contributed by atoms with Gasteiger partial charge in [0.15, 0.2) is 0 Å². The number of aliphatic hydroxyl groups excluding tert-OH is 2. The molecule has 2 aromatic rings. The highest BCUT2D eigenvalue weighted by Crippen LogP contribution is 2.17. The van der Waals surface area contributed by atoms with Crippen molar-refractivity contribution in [3.8, 4) is 11.4 Å². The molecule has 0 bridgehead atoms. The standard InChI is InChI=1S/C11H14N4O2/c1-8-4-2-3-5-10(8)11-12-14-15(13-11)6-9(17)7-16/h2-5,9,16-17H,6-7H2,1H3. The van der Waals surface area contributed by atoms with Crippen LogP contribution >= 0.6 is 0 Å². The third-order valence-corrected chi connectivity index (χ3v) is 2.42. The fourth-order valence-corrected chi connectivity index (χ4v) is 1.50. The quantitative estimate of drug-likeness (QED) is 0.778. The first-order valence-electron chi connectivity index (χ1n) is 5.33. The van der Waals surface area contributed by atoms with Crippen LogP contribution in [0.2, 0.25) is 0 Å². The topological polar surface area (TPSA) is 84.1 Å². The van der Waals surface area contributed by atoms with Crippen molar-refractivity contribution in [2.45, 2.75) is 19.6 Å². The third kappa shape index (κ3) is 2.66. The Labute approximate surface area is 98.5 Å². The van der Waals surface area contributed by atoms with Crippen LogP contribution in [0.3, 0.4) is 0 Å². The zero-order valence-electron chi connectivity index (χ0n) is 9.48. The van der Waals surface area contributed by atoms with E-state index in [0.717, 1.165) is 11.1 Å². The predicted molar refractivity (Wildman–Crippen MR) is 61.1 cm³/mol. The molecule has 0 aliphatic carbocycles. The lowest BCUT2D eigenvalue weighted by Crippen LogP contribution is -2.21. The number of hydrogen-bond donors (Lipinski definition) is 2. The minimum atomic E-state index is -0.867. The Morgan fingerprint density at radius 3 is 2.82 bits per heavy atom. The van der Waals surface area contributed by atoms with Gasteiger partial charge >= 0.3 is 0 Å². The van der Waals surface area contributed by atoms with Crippen LogP contribution in [0.4, 0.5) is 0 Å². The summed E-state index contributed by atoms with van der Waals surface area (Å²) in [6.45, 7) is 1.79. The highest BCUT2D eigenvalue weighted by atomic mass is 16.3. The lowest BCUT2D eigenvalue weighted by molar-refractivity contribution is 0.0742. The van der Waals surface area contributed by atoms with Gasteiger partial charge in [-0.15, -0.1) is 10.2 Å². The number of aliphatic hydroxyl groups is 2. The molecule has 1 aromatic carbocycles. The van der Waals surface area contributed by atoms with Gasteiger partial charge in [0.2, 0.25) is 5.82 Å². The van der Waals surface area contributed by atoms with Crippen molar-refractivity contribution in [3.63, 3.8) is 0 Å². The van der Waals surface area contributed by atoms with Crippen molar-refractivity contribution in [2.24, 2.45) is 0 Å². The Balaban J connectivity index is 2.21. The normalized spacial score (nSPS) is 12.6. The molecule has 1 aromatic heterocycles. The molecule has 2 rings (SSSR count). The van der Waals surface area contributed by atoms with Crippen LogP contribution in [-0.2, 0) is 6.54 Å². The molecule has 1 heterocycles. The SMILES string of the molecule is Cc1ccccc1-c1nnn(CC(O)CO)n1. The number of aromatic nitrogens is 4. The van der Waals surface area contributed by atoms with E-state index in [4.69, 9.17) is 5.11 Å². The van der Waals surface area contributed by atoms with Gasteiger partial charge < -0.3 is 10.2 Å². The first-order valence-corrected chi connectivity index (χ1v) is 5.33. The molecule has 0 saturated carbocycles. The fourth-order valence-electron chi connectivity index (χ4n) is 1.50. The van der Waals surface area contributed by atoms with Gasteiger partial charge in [0, 0.05) is 5.56 Å². The summed E-state index contributed by atoms with van der Waals surface area (Å²) in [5.41, 5.74) is 1.98. The molecule has 6 nitrogen and oxygen atoms in total. The molecule has 0 amide bonds. The van der Waals surface area contributed by atoms with Crippen molar-refractivity contribution >= 4 is 0 Å². The number of benzene rings is 1. The summed E-state index contributed by atoms with van der Waals surface area (Å²) in [5, 5.41) is 29.9. The molecule has 0 aliphatic heterocycles. The molecule has 1 unspecified atom stereocenters. The van der Waals surface area contributed by atoms with Crippen LogP contribution in [0.15, 0.2) is 24.3 Å². The summed E-state index contributed by atoms with van der Waals surface area (Å²) < 4.78 is 0. The van der Waals surface area contributed by atoms with E-state index in [1.165, 1.54) is 4.80 Å². The molecular formula is C11H14N4O2. The maximum Gasteiger partial charge on any atom is 0.205 e. The van der Waals surface area contributed by atoms with Gasteiger partial charge in [-0.3, -0.25) is 0 Å². The van der Waals surface area contributed by atoms with Crippen molar-refractivity contribution in [3.05, 3.63) is 29.8 Å². The van der Waals surface area contributed by atoms with E-state index in [1.807, 2.05) is 31.2 Å². The van der Waals surface area contributed by atoms with Crippen LogP contribution in [-0.4, -0.2) is 43.1 Å². The van der Waals surface area contributed by atoms with Crippen molar-refractivity contribution in [1.82, 2.24) is 20.2 Å². The number of aryl methyl sites for hydroxylation is 1. The first-order chi connectivity index (χ1) is 8.20. The summed E-state index contributed by atoms with van der Waals surface area (Å²) in [6.07, 6.45) is -0.867. The van der Waals surface area contributed by atoms with Crippen molar-refractivity contribution in [1.29, 1.82) is 0 Å². The minimum absolute atomic E-state index is 0.134. The Kier molecular flexibility index (Phi) is 3.46. The van der Waals surface area contributed by atoms with E-state index >= 15 is 0 Å². The molecule has 0 spiro atoms. The van der Waals surface area contributed by atoms with Crippen molar-refractivity contribution < 1.29 is 10.2 Å². The van der Waals surface area contributed by atoms with Gasteiger partial charge in [0.25, 0.3) is 0 Å². The van der Waals surface area contributed by atoms with Crippen LogP contribution < -0.4 is 0 Å². The molecule has 1 atom stereocenters. The molecule has 90 valence electrons. The second-order valence-electron chi connectivity index (χ2n) is 3.82. The van der Waals surface area contributed by atoms with E-state index < -0.39 is 6.10 Å². The number of rotatable bonds is 4. The van der Waals surface area contributed by atoms with E-state index in [9.17, 15) is 5.11 Å². The van der Waals surface area contributed by atoms with Crippen LogP contribution in [0.5, 0.6) is 0 Å². The lowest BCUT2D eigenvalue weighted by atomic mass is 10.1. The maximum absolute atomic E-state index is 9.27. The molecule has 17 heavy (non-hydrogen) atoms. The molecule has 0 fully saturated rings. The molecule has 0 radical (unpaired) electrons. The smallest absolute Gasteiger partial charge is 0.205 e. The van der Waals surface area contributed by atoms with Gasteiger partial charge in [-0.25, -0.2) is 0 Å². The molecule has 2 N–H and O–H groups in total. The van der Waals surface area contributed by atoms with Gasteiger partial charge in [-0.2, -0.15) is 4.80 Å². The van der Waals surface area contributed by atoms with Crippen molar-refractivity contribution in [2.75, 3.05) is 6.61 Å². The molecule has 0 saturated heterocycles. The summed E-state index contributed by atoms with van der Waals surface area (Å²) in [7, 11) is 0. The Morgan fingerprint density at radius 1 is 1.35 bits per heavy atom. The lowest BCUT2D eigenvalue weighted by Gasteiger charge is -2.03. The minimum Gasteiger partial charge on any atom is -0.394 e. The van der Waals surface area contributed by atoms with E-state index in [0.29, 0.717) is 5.82 Å². The highest BCUT2D eigenvalue weighted by molar-refractivity contribution is 5.58. The van der Waals surface area contributed by atoms with E-state index in [1.54, 1.807) is 0 Å². The second kappa shape index (κ2) is 5.03. The summed E-state index contributed by atoms with van der Waals surface area (Å²) in [6, 6.07) is 7.74. The third-order valence-electron chi connectivity index (χ3n) is 2.42. The summed E-state index contributed by atoms with van der Waals surface area (Å²) in [4.78, 5) is 1.28. The maximum atomic E-state index is 9.27. The van der Waals surface area contributed by atoms with Gasteiger partial charge in [0.05, 0.1) is 19.3 Å². The summed E-state index contributed by atoms with van der Waals surface area (Å²) in [5.74, 6) is 0.522. The van der Waals surface area contributed by atoms with Gasteiger partial charge in [-0.05, 0) is 17.7 Å². The number of nitrogens with zero attached hydrogens (tertiary/aromatic N) is 4. The Morgan fingerprint density at radius 2 is 2.12 bits per heavy atom. The average molecular weight is 234 g/mol. The molecule has 0 aliphatic rings. The zero-order chi connectivity index (χ0) is 12.3. The molecular weight excluding hydrogens is 220 g/mol. The number of hydrogen-bond acceptors (Lipinski definition) is 5. The van der Waals surface area contributed by atoms with Crippen LogP contribution in [0, 0.1) is 6.92 Å². The average Bonchev–Trinajstić information content (AvgIpc) is 2.78.